The predicted octanol–water partition coefficient (Wildman–Crippen LogP) is 1.97. The average molecular weight is 251 g/mol. The highest BCUT2D eigenvalue weighted by molar-refractivity contribution is 5.67. The maximum Gasteiger partial charge on any atom is 0.407 e. The van der Waals surface area contributed by atoms with Crippen LogP contribution in [0.1, 0.15) is 19.4 Å². The molecule has 0 aromatic heterocycles. The van der Waals surface area contributed by atoms with Crippen molar-refractivity contribution in [2.24, 2.45) is 5.92 Å². The van der Waals surface area contributed by atoms with E-state index in [4.69, 9.17) is 4.74 Å². The monoisotopic (exact) mass is 251 g/mol. The Morgan fingerprint density at radius 2 is 2.00 bits per heavy atom. The Hall–Kier alpha value is -1.55. The first-order valence-corrected chi connectivity index (χ1v) is 6.20. The molecular weight excluding hydrogens is 230 g/mol. The summed E-state index contributed by atoms with van der Waals surface area (Å²) >= 11 is 0. The number of benzene rings is 1. The zero-order chi connectivity index (χ0) is 13.4. The van der Waals surface area contributed by atoms with E-state index in [0.717, 1.165) is 5.56 Å². The molecule has 0 unspecified atom stereocenters. The molecule has 0 aliphatic rings. The van der Waals surface area contributed by atoms with Crippen LogP contribution in [0, 0.1) is 5.92 Å². The van der Waals surface area contributed by atoms with Crippen molar-refractivity contribution in [2.75, 3.05) is 13.2 Å². The number of alkyl carbamates (subject to hydrolysis) is 1. The molecule has 0 bridgehead atoms. The Morgan fingerprint density at radius 1 is 1.33 bits per heavy atom. The van der Waals surface area contributed by atoms with Crippen molar-refractivity contribution in [1.29, 1.82) is 0 Å². The van der Waals surface area contributed by atoms with Gasteiger partial charge in [0.05, 0.1) is 19.3 Å². The first kappa shape index (κ1) is 14.5. The van der Waals surface area contributed by atoms with Gasteiger partial charge >= 0.3 is 6.09 Å². The van der Waals surface area contributed by atoms with E-state index in [1.165, 1.54) is 0 Å². The number of carbonyl (C=O) groups excluding carboxylic acids is 1. The topological polar surface area (TPSA) is 58.6 Å². The Balaban J connectivity index is 2.40. The Kier molecular flexibility index (Phi) is 6.22. The highest BCUT2D eigenvalue weighted by Crippen LogP contribution is 2.03. The number of carbonyl (C=O) groups is 1. The number of nitrogens with one attached hydrogen (secondary N) is 1. The third kappa shape index (κ3) is 5.68. The number of hydrogen-bond donors (Lipinski definition) is 2. The minimum atomic E-state index is -0.473. The molecule has 0 aliphatic heterocycles. The van der Waals surface area contributed by atoms with Crippen molar-refractivity contribution in [2.45, 2.75) is 26.3 Å². The molecule has 1 aromatic carbocycles. The molecule has 0 saturated heterocycles. The van der Waals surface area contributed by atoms with E-state index >= 15 is 0 Å². The molecule has 0 heterocycles. The quantitative estimate of drug-likeness (QED) is 0.812. The fraction of sp³-hybridized carbons (Fsp3) is 0.500. The van der Waals surface area contributed by atoms with Gasteiger partial charge in [-0.05, 0) is 17.9 Å². The standard InChI is InChI=1S/C14H21NO3/c1-11(2)10-18-14(17)15-13(9-16)8-12-6-4-3-5-7-12/h3-7,11,13,16H,8-10H2,1-2H3,(H,15,17)/t13-/m1/s1. The van der Waals surface area contributed by atoms with Crippen LogP contribution in [0.3, 0.4) is 0 Å². The van der Waals surface area contributed by atoms with Crippen molar-refractivity contribution in [1.82, 2.24) is 5.32 Å². The SMILES string of the molecule is CC(C)COC(=O)N[C@@H](CO)Cc1ccccc1. The van der Waals surface area contributed by atoms with Gasteiger partial charge in [0.1, 0.15) is 0 Å². The number of aliphatic hydroxyl groups is 1. The first-order chi connectivity index (χ1) is 8.61. The van der Waals surface area contributed by atoms with Crippen LogP contribution in [-0.4, -0.2) is 30.5 Å². The van der Waals surface area contributed by atoms with Gasteiger partial charge in [-0.3, -0.25) is 0 Å². The van der Waals surface area contributed by atoms with Crippen molar-refractivity contribution in [3.05, 3.63) is 35.9 Å². The van der Waals surface area contributed by atoms with Gasteiger partial charge in [0.15, 0.2) is 0 Å². The van der Waals surface area contributed by atoms with E-state index in [-0.39, 0.29) is 12.6 Å². The van der Waals surface area contributed by atoms with Gasteiger partial charge in [0.2, 0.25) is 0 Å². The molecule has 100 valence electrons. The average Bonchev–Trinajstić information content (AvgIpc) is 2.37. The molecule has 1 aromatic rings. The van der Waals surface area contributed by atoms with Gasteiger partial charge in [-0.2, -0.15) is 0 Å². The summed E-state index contributed by atoms with van der Waals surface area (Å²) in [5.41, 5.74) is 1.07. The summed E-state index contributed by atoms with van der Waals surface area (Å²) in [6, 6.07) is 9.41. The Bertz CT molecular complexity index is 351. The van der Waals surface area contributed by atoms with E-state index in [1.807, 2.05) is 44.2 Å². The predicted molar refractivity (Wildman–Crippen MR) is 70.3 cm³/mol. The smallest absolute Gasteiger partial charge is 0.407 e. The highest BCUT2D eigenvalue weighted by atomic mass is 16.5. The number of amides is 1. The second-order valence-electron chi connectivity index (χ2n) is 4.71. The zero-order valence-corrected chi connectivity index (χ0v) is 10.9. The minimum absolute atomic E-state index is 0.105. The second-order valence-corrected chi connectivity index (χ2v) is 4.71. The van der Waals surface area contributed by atoms with E-state index < -0.39 is 6.09 Å². The number of rotatable bonds is 6. The highest BCUT2D eigenvalue weighted by Gasteiger charge is 2.13. The van der Waals surface area contributed by atoms with Crippen LogP contribution in [0.15, 0.2) is 30.3 Å². The fourth-order valence-electron chi connectivity index (χ4n) is 1.51. The molecular formula is C14H21NO3. The molecule has 1 atom stereocenters. The molecule has 0 spiro atoms. The van der Waals surface area contributed by atoms with Gasteiger partial charge in [0, 0.05) is 0 Å². The summed E-state index contributed by atoms with van der Waals surface area (Å²) in [4.78, 5) is 11.5. The maximum atomic E-state index is 11.5. The maximum absolute atomic E-state index is 11.5. The molecule has 0 radical (unpaired) electrons. The third-order valence-corrected chi connectivity index (χ3v) is 2.42. The summed E-state index contributed by atoms with van der Waals surface area (Å²) < 4.78 is 5.01. The fourth-order valence-corrected chi connectivity index (χ4v) is 1.51. The van der Waals surface area contributed by atoms with E-state index in [2.05, 4.69) is 5.32 Å². The van der Waals surface area contributed by atoms with Crippen LogP contribution >= 0.6 is 0 Å². The Morgan fingerprint density at radius 3 is 2.56 bits per heavy atom. The lowest BCUT2D eigenvalue weighted by Crippen LogP contribution is -2.39. The van der Waals surface area contributed by atoms with Crippen molar-refractivity contribution >= 4 is 6.09 Å². The summed E-state index contributed by atoms with van der Waals surface area (Å²) in [6.07, 6.45) is 0.118. The summed E-state index contributed by atoms with van der Waals surface area (Å²) in [5, 5.41) is 11.9. The van der Waals surface area contributed by atoms with E-state index in [9.17, 15) is 9.90 Å². The van der Waals surface area contributed by atoms with Crippen LogP contribution in [-0.2, 0) is 11.2 Å². The lowest BCUT2D eigenvalue weighted by Gasteiger charge is -2.16. The van der Waals surface area contributed by atoms with Crippen LogP contribution in [0.5, 0.6) is 0 Å². The number of hydrogen-bond acceptors (Lipinski definition) is 3. The van der Waals surface area contributed by atoms with Gasteiger partial charge in [-0.1, -0.05) is 44.2 Å². The Labute approximate surface area is 108 Å². The lowest BCUT2D eigenvalue weighted by atomic mass is 10.1. The number of ether oxygens (including phenoxy) is 1. The van der Waals surface area contributed by atoms with Crippen LogP contribution in [0.25, 0.3) is 0 Å². The normalized spacial score (nSPS) is 12.2. The van der Waals surface area contributed by atoms with Crippen molar-refractivity contribution in [3.63, 3.8) is 0 Å². The second kappa shape index (κ2) is 7.71. The third-order valence-electron chi connectivity index (χ3n) is 2.42. The lowest BCUT2D eigenvalue weighted by molar-refractivity contribution is 0.123. The summed E-state index contributed by atoms with van der Waals surface area (Å²) in [6.45, 7) is 4.22. The van der Waals surface area contributed by atoms with E-state index in [1.54, 1.807) is 0 Å². The van der Waals surface area contributed by atoms with Crippen LogP contribution in [0.2, 0.25) is 0 Å². The molecule has 18 heavy (non-hydrogen) atoms. The van der Waals surface area contributed by atoms with Crippen molar-refractivity contribution < 1.29 is 14.6 Å². The van der Waals surface area contributed by atoms with Gasteiger partial charge in [-0.15, -0.1) is 0 Å². The van der Waals surface area contributed by atoms with Crippen LogP contribution in [0.4, 0.5) is 4.79 Å². The summed E-state index contributed by atoms with van der Waals surface area (Å²) in [7, 11) is 0. The molecule has 2 N–H and O–H groups in total. The first-order valence-electron chi connectivity index (χ1n) is 6.20. The number of aliphatic hydroxyl groups excluding tert-OH is 1. The molecule has 4 nitrogen and oxygen atoms in total. The molecule has 0 saturated carbocycles. The minimum Gasteiger partial charge on any atom is -0.449 e. The summed E-state index contributed by atoms with van der Waals surface area (Å²) in [5.74, 6) is 0.303. The zero-order valence-electron chi connectivity index (χ0n) is 10.9. The van der Waals surface area contributed by atoms with Gasteiger partial charge in [0.25, 0.3) is 0 Å². The largest absolute Gasteiger partial charge is 0.449 e. The van der Waals surface area contributed by atoms with E-state index in [0.29, 0.717) is 18.9 Å². The molecule has 1 amide bonds. The van der Waals surface area contributed by atoms with Crippen LogP contribution < -0.4 is 5.32 Å². The van der Waals surface area contributed by atoms with Crippen molar-refractivity contribution in [3.8, 4) is 0 Å². The van der Waals surface area contributed by atoms with Gasteiger partial charge < -0.3 is 15.2 Å². The molecule has 1 rings (SSSR count). The molecule has 0 fully saturated rings. The molecule has 4 heteroatoms. The molecule has 0 aliphatic carbocycles. The van der Waals surface area contributed by atoms with Gasteiger partial charge in [-0.25, -0.2) is 4.79 Å².